The summed E-state index contributed by atoms with van der Waals surface area (Å²) in [6.45, 7) is 10.4. The minimum absolute atomic E-state index is 0.322. The summed E-state index contributed by atoms with van der Waals surface area (Å²) in [4.78, 5) is 7.04. The van der Waals surface area contributed by atoms with E-state index in [1.807, 2.05) is 6.20 Å². The fourth-order valence-electron chi connectivity index (χ4n) is 2.82. The van der Waals surface area contributed by atoms with Crippen molar-refractivity contribution in [3.8, 4) is 0 Å². The van der Waals surface area contributed by atoms with Gasteiger partial charge in [-0.15, -0.1) is 0 Å². The minimum atomic E-state index is 0.322. The molecule has 1 unspecified atom stereocenters. The number of rotatable bonds is 7. The first-order chi connectivity index (χ1) is 10.2. The van der Waals surface area contributed by atoms with E-state index in [-0.39, 0.29) is 0 Å². The summed E-state index contributed by atoms with van der Waals surface area (Å²) in [5.74, 6) is 0. The fourth-order valence-corrected chi connectivity index (χ4v) is 2.82. The summed E-state index contributed by atoms with van der Waals surface area (Å²) in [6, 6.07) is 4.67. The van der Waals surface area contributed by atoms with Gasteiger partial charge in [0, 0.05) is 25.7 Å². The Balaban J connectivity index is 1.88. The van der Waals surface area contributed by atoms with Crippen molar-refractivity contribution in [3.63, 3.8) is 0 Å². The lowest BCUT2D eigenvalue weighted by Gasteiger charge is -2.33. The lowest BCUT2D eigenvalue weighted by molar-refractivity contribution is 0.0459. The zero-order valence-electron chi connectivity index (χ0n) is 13.6. The summed E-state index contributed by atoms with van der Waals surface area (Å²) in [5.41, 5.74) is 2.35. The Morgan fingerprint density at radius 3 is 2.67 bits per heavy atom. The lowest BCUT2D eigenvalue weighted by Crippen LogP contribution is -2.37. The molecule has 1 fully saturated rings. The molecule has 0 spiro atoms. The standard InChI is InChI=1S/C17H29N3O/c1-4-10-18-14(3)17-7-6-15(13-19-17)20-11-8-16(9-12-20)21-5-2/h6-7,13-14,16,18H,4-5,8-12H2,1-3H3. The normalized spacial score (nSPS) is 18.0. The van der Waals surface area contributed by atoms with E-state index in [1.165, 1.54) is 5.69 Å². The van der Waals surface area contributed by atoms with Crippen LogP contribution in [-0.4, -0.2) is 37.3 Å². The maximum Gasteiger partial charge on any atom is 0.0608 e. The van der Waals surface area contributed by atoms with Gasteiger partial charge in [-0.3, -0.25) is 4.98 Å². The molecule has 1 aliphatic heterocycles. The van der Waals surface area contributed by atoms with Gasteiger partial charge in [0.25, 0.3) is 0 Å². The summed E-state index contributed by atoms with van der Waals surface area (Å²) < 4.78 is 5.70. The van der Waals surface area contributed by atoms with Gasteiger partial charge in [-0.25, -0.2) is 0 Å². The zero-order chi connectivity index (χ0) is 15.1. The predicted molar refractivity (Wildman–Crippen MR) is 87.8 cm³/mol. The second-order valence-electron chi connectivity index (χ2n) is 5.76. The van der Waals surface area contributed by atoms with Crippen LogP contribution in [0.15, 0.2) is 18.3 Å². The SMILES string of the molecule is CCCNC(C)c1ccc(N2CCC(OCC)CC2)cn1. The molecule has 21 heavy (non-hydrogen) atoms. The Bertz CT molecular complexity index is 399. The summed E-state index contributed by atoms with van der Waals surface area (Å²) >= 11 is 0. The summed E-state index contributed by atoms with van der Waals surface area (Å²) in [7, 11) is 0. The third-order valence-corrected chi connectivity index (χ3v) is 4.12. The van der Waals surface area contributed by atoms with Crippen molar-refractivity contribution in [2.75, 3.05) is 31.1 Å². The van der Waals surface area contributed by atoms with Crippen LogP contribution in [0, 0.1) is 0 Å². The molecule has 0 saturated carbocycles. The van der Waals surface area contributed by atoms with Crippen LogP contribution in [0.1, 0.15) is 51.8 Å². The molecular weight excluding hydrogens is 262 g/mol. The topological polar surface area (TPSA) is 37.4 Å². The highest BCUT2D eigenvalue weighted by molar-refractivity contribution is 5.45. The molecule has 0 radical (unpaired) electrons. The number of piperidine rings is 1. The van der Waals surface area contributed by atoms with Crippen molar-refractivity contribution in [1.29, 1.82) is 0 Å². The maximum atomic E-state index is 5.70. The van der Waals surface area contributed by atoms with Crippen molar-refractivity contribution in [3.05, 3.63) is 24.0 Å². The molecule has 0 amide bonds. The van der Waals surface area contributed by atoms with E-state index in [9.17, 15) is 0 Å². The maximum absolute atomic E-state index is 5.70. The van der Waals surface area contributed by atoms with Gasteiger partial charge >= 0.3 is 0 Å². The summed E-state index contributed by atoms with van der Waals surface area (Å²) in [5, 5.41) is 3.47. The number of hydrogen-bond acceptors (Lipinski definition) is 4. The molecular formula is C17H29N3O. The Morgan fingerprint density at radius 1 is 1.33 bits per heavy atom. The molecule has 1 aromatic heterocycles. The van der Waals surface area contributed by atoms with Gasteiger partial charge in [-0.05, 0) is 51.8 Å². The number of anilines is 1. The van der Waals surface area contributed by atoms with Gasteiger partial charge in [-0.2, -0.15) is 0 Å². The van der Waals surface area contributed by atoms with Crippen molar-refractivity contribution >= 4 is 5.69 Å². The average Bonchev–Trinajstić information content (AvgIpc) is 2.54. The molecule has 0 aliphatic carbocycles. The average molecular weight is 291 g/mol. The molecule has 4 nitrogen and oxygen atoms in total. The number of ether oxygens (including phenoxy) is 1. The first-order valence-corrected chi connectivity index (χ1v) is 8.30. The summed E-state index contributed by atoms with van der Waals surface area (Å²) in [6.07, 6.45) is 5.84. The second kappa shape index (κ2) is 8.35. The smallest absolute Gasteiger partial charge is 0.0608 e. The number of aromatic nitrogens is 1. The first kappa shape index (κ1) is 16.2. The monoisotopic (exact) mass is 291 g/mol. The molecule has 2 heterocycles. The van der Waals surface area contributed by atoms with Crippen LogP contribution in [0.25, 0.3) is 0 Å². The molecule has 1 aromatic rings. The first-order valence-electron chi connectivity index (χ1n) is 8.30. The molecule has 1 atom stereocenters. The van der Waals surface area contributed by atoms with Crippen LogP contribution < -0.4 is 10.2 Å². The highest BCUT2D eigenvalue weighted by atomic mass is 16.5. The molecule has 118 valence electrons. The molecule has 0 aromatic carbocycles. The lowest BCUT2D eigenvalue weighted by atomic mass is 10.1. The van der Waals surface area contributed by atoms with E-state index in [0.717, 1.165) is 51.2 Å². The molecule has 1 aliphatic rings. The van der Waals surface area contributed by atoms with Crippen LogP contribution in [0.3, 0.4) is 0 Å². The number of nitrogens with zero attached hydrogens (tertiary/aromatic N) is 2. The Morgan fingerprint density at radius 2 is 2.10 bits per heavy atom. The van der Waals surface area contributed by atoms with E-state index in [2.05, 4.69) is 48.1 Å². The Hall–Kier alpha value is -1.13. The van der Waals surface area contributed by atoms with E-state index in [1.54, 1.807) is 0 Å². The van der Waals surface area contributed by atoms with Gasteiger partial charge in [0.15, 0.2) is 0 Å². The molecule has 2 rings (SSSR count). The van der Waals surface area contributed by atoms with Gasteiger partial charge in [-0.1, -0.05) is 6.92 Å². The van der Waals surface area contributed by atoms with E-state index in [4.69, 9.17) is 4.74 Å². The second-order valence-corrected chi connectivity index (χ2v) is 5.76. The van der Waals surface area contributed by atoms with E-state index >= 15 is 0 Å². The van der Waals surface area contributed by atoms with Crippen molar-refractivity contribution in [1.82, 2.24) is 10.3 Å². The number of hydrogen-bond donors (Lipinski definition) is 1. The largest absolute Gasteiger partial charge is 0.378 e. The van der Waals surface area contributed by atoms with Gasteiger partial charge < -0.3 is 15.0 Å². The van der Waals surface area contributed by atoms with Crippen LogP contribution in [0.4, 0.5) is 5.69 Å². The molecule has 1 saturated heterocycles. The highest BCUT2D eigenvalue weighted by Gasteiger charge is 2.19. The van der Waals surface area contributed by atoms with Crippen molar-refractivity contribution in [2.24, 2.45) is 0 Å². The number of pyridine rings is 1. The van der Waals surface area contributed by atoms with Crippen molar-refractivity contribution in [2.45, 2.75) is 52.2 Å². The van der Waals surface area contributed by atoms with Crippen molar-refractivity contribution < 1.29 is 4.74 Å². The van der Waals surface area contributed by atoms with Gasteiger partial charge in [0.2, 0.25) is 0 Å². The molecule has 4 heteroatoms. The van der Waals surface area contributed by atoms with E-state index < -0.39 is 0 Å². The highest BCUT2D eigenvalue weighted by Crippen LogP contribution is 2.22. The van der Waals surface area contributed by atoms with Gasteiger partial charge in [0.05, 0.1) is 23.7 Å². The third kappa shape index (κ3) is 4.68. The fraction of sp³-hybridized carbons (Fsp3) is 0.706. The van der Waals surface area contributed by atoms with Crippen LogP contribution in [-0.2, 0) is 4.74 Å². The Labute approximate surface area is 128 Å². The molecule has 1 N–H and O–H groups in total. The number of nitrogens with one attached hydrogen (secondary N) is 1. The van der Waals surface area contributed by atoms with Gasteiger partial charge in [0.1, 0.15) is 0 Å². The minimum Gasteiger partial charge on any atom is -0.378 e. The zero-order valence-corrected chi connectivity index (χ0v) is 13.6. The van der Waals surface area contributed by atoms with E-state index in [0.29, 0.717) is 12.1 Å². The quantitative estimate of drug-likeness (QED) is 0.837. The predicted octanol–water partition coefficient (Wildman–Crippen LogP) is 3.15. The van der Waals surface area contributed by atoms with Crippen LogP contribution in [0.5, 0.6) is 0 Å². The third-order valence-electron chi connectivity index (χ3n) is 4.12. The van der Waals surface area contributed by atoms with Crippen LogP contribution >= 0.6 is 0 Å². The Kier molecular flexibility index (Phi) is 6.46. The van der Waals surface area contributed by atoms with Crippen LogP contribution in [0.2, 0.25) is 0 Å². The molecule has 0 bridgehead atoms.